The molecule has 1 aromatic rings. The molecule has 5 heteroatoms. The van der Waals surface area contributed by atoms with Gasteiger partial charge in [-0.1, -0.05) is 25.1 Å². The highest BCUT2D eigenvalue weighted by Gasteiger charge is 2.21. The number of carbonyl (C=O) groups is 1. The van der Waals surface area contributed by atoms with Crippen LogP contribution >= 0.6 is 0 Å². The van der Waals surface area contributed by atoms with E-state index in [1.54, 1.807) is 17.0 Å². The third-order valence-corrected chi connectivity index (χ3v) is 5.10. The molecule has 1 saturated heterocycles. The number of hydrogen-bond acceptors (Lipinski definition) is 3. The molecule has 1 aromatic carbocycles. The third-order valence-electron chi connectivity index (χ3n) is 5.10. The van der Waals surface area contributed by atoms with Gasteiger partial charge in [0, 0.05) is 57.3 Å². The van der Waals surface area contributed by atoms with Gasteiger partial charge in [0.2, 0.25) is 5.91 Å². The van der Waals surface area contributed by atoms with Gasteiger partial charge >= 0.3 is 0 Å². The van der Waals surface area contributed by atoms with Gasteiger partial charge in [-0.05, 0) is 32.9 Å². The van der Waals surface area contributed by atoms with Gasteiger partial charge in [0.1, 0.15) is 5.82 Å². The maximum Gasteiger partial charge on any atom is 0.222 e. The molecule has 1 atom stereocenters. The van der Waals surface area contributed by atoms with Crippen molar-refractivity contribution in [1.82, 2.24) is 14.7 Å². The van der Waals surface area contributed by atoms with E-state index in [1.807, 2.05) is 6.07 Å². The van der Waals surface area contributed by atoms with Crippen LogP contribution in [0.25, 0.3) is 0 Å². The van der Waals surface area contributed by atoms with Crippen LogP contribution in [-0.2, 0) is 11.3 Å². The lowest BCUT2D eigenvalue weighted by atomic mass is 10.1. The number of likely N-dealkylation sites (N-methyl/N-ethyl adjacent to an activating group) is 1. The SMILES string of the molecule is CCCN(Cc1ccccc1F)C(=O)CCC(C)N1CCN(C)CC1. The van der Waals surface area contributed by atoms with E-state index in [2.05, 4.69) is 30.7 Å². The van der Waals surface area contributed by atoms with E-state index < -0.39 is 0 Å². The average molecular weight is 349 g/mol. The van der Waals surface area contributed by atoms with Crippen LogP contribution < -0.4 is 0 Å². The number of carbonyl (C=O) groups excluding carboxylic acids is 1. The molecule has 2 rings (SSSR count). The second-order valence-electron chi connectivity index (χ2n) is 7.13. The lowest BCUT2D eigenvalue weighted by molar-refractivity contribution is -0.132. The molecule has 0 spiro atoms. The normalized spacial score (nSPS) is 17.4. The van der Waals surface area contributed by atoms with Gasteiger partial charge in [-0.25, -0.2) is 4.39 Å². The van der Waals surface area contributed by atoms with Gasteiger partial charge in [-0.3, -0.25) is 9.69 Å². The van der Waals surface area contributed by atoms with Gasteiger partial charge in [-0.15, -0.1) is 0 Å². The molecule has 0 bridgehead atoms. The maximum absolute atomic E-state index is 13.9. The van der Waals surface area contributed by atoms with Crippen molar-refractivity contribution < 1.29 is 9.18 Å². The zero-order valence-corrected chi connectivity index (χ0v) is 15.9. The fraction of sp³-hybridized carbons (Fsp3) is 0.650. The summed E-state index contributed by atoms with van der Waals surface area (Å²) in [5, 5.41) is 0. The molecule has 0 N–H and O–H groups in total. The summed E-state index contributed by atoms with van der Waals surface area (Å²) in [6.07, 6.45) is 2.27. The highest BCUT2D eigenvalue weighted by molar-refractivity contribution is 5.76. The predicted octanol–water partition coefficient (Wildman–Crippen LogP) is 2.98. The third kappa shape index (κ3) is 6.08. The Balaban J connectivity index is 1.86. The highest BCUT2D eigenvalue weighted by Crippen LogP contribution is 2.14. The molecule has 1 heterocycles. The second kappa shape index (κ2) is 9.88. The van der Waals surface area contributed by atoms with Crippen LogP contribution in [0.1, 0.15) is 38.7 Å². The second-order valence-corrected chi connectivity index (χ2v) is 7.13. The minimum Gasteiger partial charge on any atom is -0.338 e. The lowest BCUT2D eigenvalue weighted by Crippen LogP contribution is -2.48. The zero-order valence-electron chi connectivity index (χ0n) is 15.9. The zero-order chi connectivity index (χ0) is 18.2. The van der Waals surface area contributed by atoms with E-state index in [-0.39, 0.29) is 11.7 Å². The number of benzene rings is 1. The molecular weight excluding hydrogens is 317 g/mol. The Bertz CT molecular complexity index is 543. The maximum atomic E-state index is 13.9. The lowest BCUT2D eigenvalue weighted by Gasteiger charge is -2.36. The Morgan fingerprint density at radius 1 is 1.24 bits per heavy atom. The molecule has 0 aromatic heterocycles. The van der Waals surface area contributed by atoms with Crippen LogP contribution in [-0.4, -0.2) is 66.4 Å². The molecular formula is C20H32FN3O. The first-order chi connectivity index (χ1) is 12.0. The number of piperazine rings is 1. The molecule has 25 heavy (non-hydrogen) atoms. The van der Waals surface area contributed by atoms with Gasteiger partial charge in [0.25, 0.3) is 0 Å². The summed E-state index contributed by atoms with van der Waals surface area (Å²) < 4.78 is 13.9. The smallest absolute Gasteiger partial charge is 0.222 e. The van der Waals surface area contributed by atoms with Crippen molar-refractivity contribution in [3.05, 3.63) is 35.6 Å². The monoisotopic (exact) mass is 349 g/mol. The molecule has 1 aliphatic rings. The molecule has 0 aliphatic carbocycles. The Morgan fingerprint density at radius 2 is 1.92 bits per heavy atom. The number of halogens is 1. The summed E-state index contributed by atoms with van der Waals surface area (Å²) in [7, 11) is 2.15. The minimum absolute atomic E-state index is 0.131. The van der Waals surface area contributed by atoms with E-state index in [0.29, 0.717) is 31.1 Å². The fourth-order valence-electron chi connectivity index (χ4n) is 3.33. The fourth-order valence-corrected chi connectivity index (χ4v) is 3.33. The molecule has 1 fully saturated rings. The Labute approximate surface area is 151 Å². The average Bonchev–Trinajstić information content (AvgIpc) is 2.61. The predicted molar refractivity (Wildman–Crippen MR) is 99.9 cm³/mol. The summed E-state index contributed by atoms with van der Waals surface area (Å²) >= 11 is 0. The summed E-state index contributed by atoms with van der Waals surface area (Å²) in [5.74, 6) is -0.103. The van der Waals surface area contributed by atoms with E-state index in [4.69, 9.17) is 0 Å². The van der Waals surface area contributed by atoms with Gasteiger partial charge in [0.15, 0.2) is 0 Å². The highest BCUT2D eigenvalue weighted by atomic mass is 19.1. The number of hydrogen-bond donors (Lipinski definition) is 0. The molecule has 1 aliphatic heterocycles. The molecule has 0 saturated carbocycles. The standard InChI is InChI=1S/C20H32FN3O/c1-4-11-24(16-18-7-5-6-8-19(18)21)20(25)10-9-17(2)23-14-12-22(3)13-15-23/h5-8,17H,4,9-16H2,1-3H3. The topological polar surface area (TPSA) is 26.8 Å². The van der Waals surface area contributed by atoms with Crippen LogP contribution in [0, 0.1) is 5.82 Å². The van der Waals surface area contributed by atoms with Gasteiger partial charge in [0.05, 0.1) is 0 Å². The van der Waals surface area contributed by atoms with Gasteiger partial charge in [-0.2, -0.15) is 0 Å². The minimum atomic E-state index is -0.234. The summed E-state index contributed by atoms with van der Waals surface area (Å²) in [6, 6.07) is 7.14. The van der Waals surface area contributed by atoms with Crippen molar-refractivity contribution in [2.24, 2.45) is 0 Å². The Morgan fingerprint density at radius 3 is 2.56 bits per heavy atom. The van der Waals surface area contributed by atoms with Crippen molar-refractivity contribution >= 4 is 5.91 Å². The Kier molecular flexibility index (Phi) is 7.85. The van der Waals surface area contributed by atoms with Crippen LogP contribution in [0.5, 0.6) is 0 Å². The van der Waals surface area contributed by atoms with Crippen molar-refractivity contribution in [2.45, 2.75) is 45.7 Å². The largest absolute Gasteiger partial charge is 0.338 e. The van der Waals surface area contributed by atoms with E-state index >= 15 is 0 Å². The van der Waals surface area contributed by atoms with Crippen LogP contribution in [0.15, 0.2) is 24.3 Å². The summed E-state index contributed by atoms with van der Waals surface area (Å²) in [4.78, 5) is 19.3. The van der Waals surface area contributed by atoms with Gasteiger partial charge < -0.3 is 9.80 Å². The first-order valence-corrected chi connectivity index (χ1v) is 9.45. The molecule has 0 radical (unpaired) electrons. The first kappa shape index (κ1) is 19.9. The Hall–Kier alpha value is -1.46. The van der Waals surface area contributed by atoms with Crippen LogP contribution in [0.4, 0.5) is 4.39 Å². The summed E-state index contributed by atoms with van der Waals surface area (Å²) in [5.41, 5.74) is 0.594. The van der Waals surface area contributed by atoms with Crippen LogP contribution in [0.3, 0.4) is 0 Å². The van der Waals surface area contributed by atoms with E-state index in [1.165, 1.54) is 6.07 Å². The van der Waals surface area contributed by atoms with Crippen molar-refractivity contribution in [3.63, 3.8) is 0 Å². The molecule has 1 amide bonds. The van der Waals surface area contributed by atoms with E-state index in [9.17, 15) is 9.18 Å². The van der Waals surface area contributed by atoms with E-state index in [0.717, 1.165) is 39.0 Å². The van der Waals surface area contributed by atoms with Crippen molar-refractivity contribution in [3.8, 4) is 0 Å². The molecule has 140 valence electrons. The first-order valence-electron chi connectivity index (χ1n) is 9.45. The number of nitrogens with zero attached hydrogens (tertiary/aromatic N) is 3. The quantitative estimate of drug-likeness (QED) is 0.722. The molecule has 4 nitrogen and oxygen atoms in total. The van der Waals surface area contributed by atoms with Crippen molar-refractivity contribution in [1.29, 1.82) is 0 Å². The van der Waals surface area contributed by atoms with Crippen molar-refractivity contribution in [2.75, 3.05) is 39.8 Å². The molecule has 1 unspecified atom stereocenters. The summed E-state index contributed by atoms with van der Waals surface area (Å²) in [6.45, 7) is 9.62. The number of amides is 1. The number of rotatable bonds is 8. The van der Waals surface area contributed by atoms with Crippen LogP contribution in [0.2, 0.25) is 0 Å².